The monoisotopic (exact) mass is 196 g/mol. The van der Waals surface area contributed by atoms with Gasteiger partial charge in [-0.05, 0) is 19.2 Å². The van der Waals surface area contributed by atoms with Crippen molar-refractivity contribution in [2.24, 2.45) is 0 Å². The van der Waals surface area contributed by atoms with Crippen LogP contribution in [0.4, 0.5) is 14.5 Å². The molecule has 0 unspecified atom stereocenters. The van der Waals surface area contributed by atoms with Crippen molar-refractivity contribution in [1.29, 1.82) is 0 Å². The van der Waals surface area contributed by atoms with E-state index < -0.39 is 11.6 Å². The summed E-state index contributed by atoms with van der Waals surface area (Å²) in [6.07, 6.45) is 0. The molecule has 0 bridgehead atoms. The first-order valence-electron chi connectivity index (χ1n) is 4.03. The van der Waals surface area contributed by atoms with Crippen LogP contribution < -0.4 is 11.1 Å². The molecule has 4 heteroatoms. The van der Waals surface area contributed by atoms with Gasteiger partial charge in [0.05, 0.1) is 12.1 Å². The molecule has 0 aliphatic rings. The highest BCUT2D eigenvalue weighted by atomic mass is 19.1. The Morgan fingerprint density at radius 2 is 1.93 bits per heavy atom. The number of rotatable bonds is 1. The van der Waals surface area contributed by atoms with Crippen LogP contribution in [0.1, 0.15) is 5.56 Å². The highest BCUT2D eigenvalue weighted by Crippen LogP contribution is 2.15. The van der Waals surface area contributed by atoms with Gasteiger partial charge in [0.1, 0.15) is 11.6 Å². The molecule has 0 aliphatic carbocycles. The van der Waals surface area contributed by atoms with Crippen LogP contribution in [0.25, 0.3) is 0 Å². The van der Waals surface area contributed by atoms with E-state index in [0.717, 1.165) is 12.1 Å². The Kier molecular flexibility index (Phi) is 3.43. The zero-order valence-corrected chi connectivity index (χ0v) is 7.70. The number of anilines is 1. The summed E-state index contributed by atoms with van der Waals surface area (Å²) in [5, 5.41) is 2.75. The maximum atomic E-state index is 13.1. The second-order valence-corrected chi connectivity index (χ2v) is 2.69. The van der Waals surface area contributed by atoms with Crippen molar-refractivity contribution in [1.82, 2.24) is 5.32 Å². The van der Waals surface area contributed by atoms with E-state index in [1.165, 1.54) is 0 Å². The van der Waals surface area contributed by atoms with Gasteiger partial charge in [-0.3, -0.25) is 0 Å². The minimum absolute atomic E-state index is 0.0548. The molecule has 0 fully saturated rings. The molecule has 14 heavy (non-hydrogen) atoms. The molecule has 1 aromatic rings. The molecule has 2 nitrogen and oxygen atoms in total. The second kappa shape index (κ2) is 4.58. The van der Waals surface area contributed by atoms with Crippen molar-refractivity contribution in [3.8, 4) is 11.8 Å². The largest absolute Gasteiger partial charge is 0.399 e. The fraction of sp³-hybridized carbons (Fsp3) is 0.200. The quantitative estimate of drug-likeness (QED) is 0.521. The van der Waals surface area contributed by atoms with Crippen LogP contribution in [0, 0.1) is 23.5 Å². The lowest BCUT2D eigenvalue weighted by atomic mass is 10.2. The standard InChI is InChI=1S/C10H10F2N2/c1-14-4-2-3-8-9(11)5-7(13)6-10(8)12/h5-6,14H,4,13H2,1H3. The van der Waals surface area contributed by atoms with Crippen LogP contribution >= 0.6 is 0 Å². The smallest absolute Gasteiger partial charge is 0.143 e. The summed E-state index contributed by atoms with van der Waals surface area (Å²) in [7, 11) is 1.70. The lowest BCUT2D eigenvalue weighted by Gasteiger charge is -1.98. The first kappa shape index (κ1) is 10.5. The topological polar surface area (TPSA) is 38.0 Å². The number of nitrogens with two attached hydrogens (primary N) is 1. The molecule has 0 radical (unpaired) electrons. The number of nitrogens with one attached hydrogen (secondary N) is 1. The maximum Gasteiger partial charge on any atom is 0.143 e. The molecular weight excluding hydrogens is 186 g/mol. The Bertz CT molecular complexity index is 368. The first-order valence-corrected chi connectivity index (χ1v) is 4.03. The predicted molar refractivity (Wildman–Crippen MR) is 51.6 cm³/mol. The minimum atomic E-state index is -0.730. The Hall–Kier alpha value is -1.60. The molecule has 1 rings (SSSR count). The summed E-state index contributed by atoms with van der Waals surface area (Å²) < 4.78 is 26.2. The van der Waals surface area contributed by atoms with E-state index >= 15 is 0 Å². The zero-order valence-electron chi connectivity index (χ0n) is 7.70. The van der Waals surface area contributed by atoms with Gasteiger partial charge in [0, 0.05) is 5.69 Å². The lowest BCUT2D eigenvalue weighted by Crippen LogP contribution is -2.04. The fourth-order valence-electron chi connectivity index (χ4n) is 0.933. The molecule has 0 aromatic heterocycles. The predicted octanol–water partition coefficient (Wildman–Crippen LogP) is 1.12. The summed E-state index contributed by atoms with van der Waals surface area (Å²) in [5.41, 5.74) is 5.06. The fourth-order valence-corrected chi connectivity index (χ4v) is 0.933. The van der Waals surface area contributed by atoms with Gasteiger partial charge in [-0.25, -0.2) is 8.78 Å². The van der Waals surface area contributed by atoms with E-state index in [2.05, 4.69) is 17.2 Å². The molecule has 0 heterocycles. The first-order chi connectivity index (χ1) is 6.65. The van der Waals surface area contributed by atoms with Gasteiger partial charge in [0.15, 0.2) is 0 Å². The average molecular weight is 196 g/mol. The molecule has 3 N–H and O–H groups in total. The van der Waals surface area contributed by atoms with Gasteiger partial charge in [0.25, 0.3) is 0 Å². The summed E-state index contributed by atoms with van der Waals surface area (Å²) in [6, 6.07) is 2.10. The van der Waals surface area contributed by atoms with E-state index in [1.54, 1.807) is 7.05 Å². The Balaban J connectivity index is 3.04. The van der Waals surface area contributed by atoms with Crippen molar-refractivity contribution in [2.75, 3.05) is 19.3 Å². The summed E-state index contributed by atoms with van der Waals surface area (Å²) in [5.74, 6) is 3.50. The number of hydrogen-bond donors (Lipinski definition) is 2. The average Bonchev–Trinajstić information content (AvgIpc) is 2.09. The normalized spacial score (nSPS) is 9.36. The Labute approximate surface area is 81.1 Å². The van der Waals surface area contributed by atoms with E-state index in [4.69, 9.17) is 5.73 Å². The zero-order chi connectivity index (χ0) is 10.6. The summed E-state index contributed by atoms with van der Waals surface area (Å²) >= 11 is 0. The number of nitrogen functional groups attached to an aromatic ring is 1. The second-order valence-electron chi connectivity index (χ2n) is 2.69. The van der Waals surface area contributed by atoms with E-state index in [0.29, 0.717) is 6.54 Å². The number of hydrogen-bond acceptors (Lipinski definition) is 2. The van der Waals surface area contributed by atoms with Crippen LogP contribution in [0.2, 0.25) is 0 Å². The summed E-state index contributed by atoms with van der Waals surface area (Å²) in [6.45, 7) is 0.378. The molecule has 1 aromatic carbocycles. The third-order valence-electron chi connectivity index (χ3n) is 1.54. The van der Waals surface area contributed by atoms with E-state index in [-0.39, 0.29) is 11.3 Å². The highest BCUT2D eigenvalue weighted by molar-refractivity contribution is 5.47. The molecule has 0 saturated carbocycles. The lowest BCUT2D eigenvalue weighted by molar-refractivity contribution is 0.578. The van der Waals surface area contributed by atoms with Crippen LogP contribution in [0.3, 0.4) is 0 Å². The third kappa shape index (κ3) is 2.44. The number of halogens is 2. The minimum Gasteiger partial charge on any atom is -0.399 e. The van der Waals surface area contributed by atoms with Crippen LogP contribution in [0.5, 0.6) is 0 Å². The Morgan fingerprint density at radius 3 is 2.43 bits per heavy atom. The van der Waals surface area contributed by atoms with Gasteiger partial charge < -0.3 is 11.1 Å². The van der Waals surface area contributed by atoms with Crippen molar-refractivity contribution >= 4 is 5.69 Å². The van der Waals surface area contributed by atoms with Crippen molar-refractivity contribution in [2.45, 2.75) is 0 Å². The van der Waals surface area contributed by atoms with E-state index in [9.17, 15) is 8.78 Å². The van der Waals surface area contributed by atoms with Crippen LogP contribution in [-0.4, -0.2) is 13.6 Å². The molecule has 0 aliphatic heterocycles. The summed E-state index contributed by atoms with van der Waals surface area (Å²) in [4.78, 5) is 0. The SMILES string of the molecule is CNCC#Cc1c(F)cc(N)cc1F. The van der Waals surface area contributed by atoms with Gasteiger partial charge in [-0.1, -0.05) is 11.8 Å². The van der Waals surface area contributed by atoms with Crippen molar-refractivity contribution < 1.29 is 8.78 Å². The van der Waals surface area contributed by atoms with Gasteiger partial charge in [0.2, 0.25) is 0 Å². The number of benzene rings is 1. The van der Waals surface area contributed by atoms with Crippen molar-refractivity contribution in [3.05, 3.63) is 29.3 Å². The molecular formula is C10H10F2N2. The third-order valence-corrected chi connectivity index (χ3v) is 1.54. The van der Waals surface area contributed by atoms with Gasteiger partial charge in [-0.15, -0.1) is 0 Å². The van der Waals surface area contributed by atoms with Crippen molar-refractivity contribution in [3.63, 3.8) is 0 Å². The highest BCUT2D eigenvalue weighted by Gasteiger charge is 2.06. The van der Waals surface area contributed by atoms with Crippen LogP contribution in [-0.2, 0) is 0 Å². The van der Waals surface area contributed by atoms with E-state index in [1.807, 2.05) is 0 Å². The maximum absolute atomic E-state index is 13.1. The van der Waals surface area contributed by atoms with Crippen LogP contribution in [0.15, 0.2) is 12.1 Å². The molecule has 0 saturated heterocycles. The Morgan fingerprint density at radius 1 is 1.36 bits per heavy atom. The molecule has 0 amide bonds. The van der Waals surface area contributed by atoms with Gasteiger partial charge >= 0.3 is 0 Å². The molecule has 0 spiro atoms. The van der Waals surface area contributed by atoms with Gasteiger partial charge in [-0.2, -0.15) is 0 Å². The molecule has 0 atom stereocenters. The molecule has 74 valence electrons.